The van der Waals surface area contributed by atoms with Gasteiger partial charge in [0.1, 0.15) is 0 Å². The molecule has 0 aromatic rings. The van der Waals surface area contributed by atoms with E-state index in [1.54, 1.807) is 0 Å². The van der Waals surface area contributed by atoms with Gasteiger partial charge in [-0.05, 0) is 19.4 Å². The van der Waals surface area contributed by atoms with Crippen LogP contribution in [0.2, 0.25) is 0 Å². The highest BCUT2D eigenvalue weighted by Crippen LogP contribution is 2.13. The molecule has 1 aliphatic heterocycles. The van der Waals surface area contributed by atoms with Crippen LogP contribution in [0.4, 0.5) is 0 Å². The summed E-state index contributed by atoms with van der Waals surface area (Å²) >= 11 is 0. The van der Waals surface area contributed by atoms with Crippen LogP contribution in [0.1, 0.15) is 39.5 Å². The highest BCUT2D eigenvalue weighted by atomic mass is 16.5. The SMILES string of the molecule is CCCCC(NN)C1CN(CCC)CCO1. The zero-order valence-corrected chi connectivity index (χ0v) is 10.7. The zero-order valence-electron chi connectivity index (χ0n) is 10.7. The second-order valence-electron chi connectivity index (χ2n) is 4.63. The molecule has 0 radical (unpaired) electrons. The lowest BCUT2D eigenvalue weighted by Gasteiger charge is -2.36. The van der Waals surface area contributed by atoms with Crippen molar-refractivity contribution in [2.75, 3.05) is 26.2 Å². The van der Waals surface area contributed by atoms with E-state index >= 15 is 0 Å². The predicted octanol–water partition coefficient (Wildman–Crippen LogP) is 1.12. The van der Waals surface area contributed by atoms with E-state index in [0.29, 0.717) is 6.04 Å². The zero-order chi connectivity index (χ0) is 11.8. The van der Waals surface area contributed by atoms with Gasteiger partial charge < -0.3 is 4.74 Å². The Morgan fingerprint density at radius 2 is 2.25 bits per heavy atom. The summed E-state index contributed by atoms with van der Waals surface area (Å²) in [5.74, 6) is 5.62. The number of morpholine rings is 1. The van der Waals surface area contributed by atoms with Crippen LogP contribution in [0.3, 0.4) is 0 Å². The Balaban J connectivity index is 2.37. The molecule has 16 heavy (non-hydrogen) atoms. The highest BCUT2D eigenvalue weighted by molar-refractivity contribution is 4.81. The van der Waals surface area contributed by atoms with Gasteiger partial charge >= 0.3 is 0 Å². The van der Waals surface area contributed by atoms with E-state index in [1.165, 1.54) is 25.8 Å². The van der Waals surface area contributed by atoms with E-state index in [-0.39, 0.29) is 6.10 Å². The first-order chi connectivity index (χ1) is 7.81. The molecule has 96 valence electrons. The average Bonchev–Trinajstić information content (AvgIpc) is 2.31. The molecule has 0 bridgehead atoms. The van der Waals surface area contributed by atoms with Crippen LogP contribution in [0.15, 0.2) is 0 Å². The first kappa shape index (κ1) is 13.9. The Morgan fingerprint density at radius 3 is 2.88 bits per heavy atom. The number of nitrogens with one attached hydrogen (secondary N) is 1. The molecule has 2 atom stereocenters. The number of nitrogens with two attached hydrogens (primary N) is 1. The van der Waals surface area contributed by atoms with Gasteiger partial charge in [-0.15, -0.1) is 0 Å². The number of ether oxygens (including phenoxy) is 1. The fourth-order valence-corrected chi connectivity index (χ4v) is 2.29. The standard InChI is InChI=1S/C12H27N3O/c1-3-5-6-11(14-13)12-10-15(7-4-2)8-9-16-12/h11-12,14H,3-10,13H2,1-2H3. The maximum Gasteiger partial charge on any atom is 0.0868 e. The lowest BCUT2D eigenvalue weighted by Crippen LogP contribution is -2.54. The number of hydrogen-bond acceptors (Lipinski definition) is 4. The summed E-state index contributed by atoms with van der Waals surface area (Å²) in [6.07, 6.45) is 5.00. The van der Waals surface area contributed by atoms with Crippen LogP contribution in [-0.2, 0) is 4.74 Å². The Morgan fingerprint density at radius 1 is 1.44 bits per heavy atom. The van der Waals surface area contributed by atoms with Gasteiger partial charge in [0.25, 0.3) is 0 Å². The van der Waals surface area contributed by atoms with Crippen LogP contribution in [0.5, 0.6) is 0 Å². The van der Waals surface area contributed by atoms with Crippen LogP contribution in [0, 0.1) is 0 Å². The van der Waals surface area contributed by atoms with E-state index in [1.807, 2.05) is 0 Å². The Bertz CT molecular complexity index is 176. The molecule has 0 spiro atoms. The summed E-state index contributed by atoms with van der Waals surface area (Å²) in [6, 6.07) is 0.305. The molecule has 2 unspecified atom stereocenters. The first-order valence-electron chi connectivity index (χ1n) is 6.61. The lowest BCUT2D eigenvalue weighted by atomic mass is 10.0. The number of unbranched alkanes of at least 4 members (excludes halogenated alkanes) is 1. The molecule has 1 heterocycles. The van der Waals surface area contributed by atoms with Crippen molar-refractivity contribution >= 4 is 0 Å². The highest BCUT2D eigenvalue weighted by Gasteiger charge is 2.26. The summed E-state index contributed by atoms with van der Waals surface area (Å²) in [7, 11) is 0. The van der Waals surface area contributed by atoms with Gasteiger partial charge in [-0.25, -0.2) is 0 Å². The number of hydrogen-bond donors (Lipinski definition) is 2. The summed E-state index contributed by atoms with van der Waals surface area (Å²) in [5.41, 5.74) is 2.92. The largest absolute Gasteiger partial charge is 0.374 e. The third-order valence-electron chi connectivity index (χ3n) is 3.25. The first-order valence-corrected chi connectivity index (χ1v) is 6.61. The molecule has 0 aliphatic carbocycles. The van der Waals surface area contributed by atoms with Crippen molar-refractivity contribution < 1.29 is 4.74 Å². The van der Waals surface area contributed by atoms with E-state index in [9.17, 15) is 0 Å². The fourth-order valence-electron chi connectivity index (χ4n) is 2.29. The van der Waals surface area contributed by atoms with Gasteiger partial charge in [0.05, 0.1) is 12.7 Å². The fraction of sp³-hybridized carbons (Fsp3) is 1.00. The molecule has 1 rings (SSSR count). The molecular formula is C12H27N3O. The number of nitrogens with zero attached hydrogens (tertiary/aromatic N) is 1. The number of hydrazine groups is 1. The average molecular weight is 229 g/mol. The van der Waals surface area contributed by atoms with Crippen molar-refractivity contribution in [3.8, 4) is 0 Å². The second kappa shape index (κ2) is 8.01. The molecule has 0 aromatic heterocycles. The van der Waals surface area contributed by atoms with Gasteiger partial charge in [-0.1, -0.05) is 26.7 Å². The normalized spacial score (nSPS) is 24.6. The molecule has 1 aliphatic rings. The van der Waals surface area contributed by atoms with Gasteiger partial charge in [0.2, 0.25) is 0 Å². The quantitative estimate of drug-likeness (QED) is 0.507. The topological polar surface area (TPSA) is 50.5 Å². The summed E-state index contributed by atoms with van der Waals surface area (Å²) in [5, 5.41) is 0. The Hall–Kier alpha value is -0.160. The van der Waals surface area contributed by atoms with Crippen molar-refractivity contribution in [3.05, 3.63) is 0 Å². The van der Waals surface area contributed by atoms with Crippen molar-refractivity contribution in [1.82, 2.24) is 10.3 Å². The molecule has 1 fully saturated rings. The molecule has 0 saturated carbocycles. The summed E-state index contributed by atoms with van der Waals surface area (Å²) in [4.78, 5) is 2.48. The molecule has 1 saturated heterocycles. The maximum atomic E-state index is 5.82. The van der Waals surface area contributed by atoms with Gasteiger partial charge in [0.15, 0.2) is 0 Å². The van der Waals surface area contributed by atoms with Crippen molar-refractivity contribution in [2.45, 2.75) is 51.7 Å². The Kier molecular flexibility index (Phi) is 6.96. The van der Waals surface area contributed by atoms with E-state index in [4.69, 9.17) is 10.6 Å². The maximum absolute atomic E-state index is 5.82. The van der Waals surface area contributed by atoms with Crippen molar-refractivity contribution in [3.63, 3.8) is 0 Å². The van der Waals surface area contributed by atoms with Crippen LogP contribution < -0.4 is 11.3 Å². The van der Waals surface area contributed by atoms with Gasteiger partial charge in [-0.2, -0.15) is 0 Å². The molecule has 0 amide bonds. The predicted molar refractivity (Wildman–Crippen MR) is 67.1 cm³/mol. The Labute approximate surface area is 99.5 Å². The van der Waals surface area contributed by atoms with Gasteiger partial charge in [0, 0.05) is 19.1 Å². The van der Waals surface area contributed by atoms with E-state index in [0.717, 1.165) is 26.1 Å². The summed E-state index contributed by atoms with van der Waals surface area (Å²) < 4.78 is 5.82. The van der Waals surface area contributed by atoms with Crippen molar-refractivity contribution in [1.29, 1.82) is 0 Å². The molecule has 4 nitrogen and oxygen atoms in total. The van der Waals surface area contributed by atoms with Crippen LogP contribution >= 0.6 is 0 Å². The lowest BCUT2D eigenvalue weighted by molar-refractivity contribution is -0.0479. The monoisotopic (exact) mass is 229 g/mol. The van der Waals surface area contributed by atoms with E-state index in [2.05, 4.69) is 24.2 Å². The van der Waals surface area contributed by atoms with Crippen molar-refractivity contribution in [2.24, 2.45) is 5.84 Å². The molecule has 3 N–H and O–H groups in total. The van der Waals surface area contributed by atoms with Crippen LogP contribution in [-0.4, -0.2) is 43.3 Å². The molecule has 4 heteroatoms. The molecular weight excluding hydrogens is 202 g/mol. The second-order valence-corrected chi connectivity index (χ2v) is 4.63. The molecule has 0 aromatic carbocycles. The van der Waals surface area contributed by atoms with Gasteiger partial charge in [-0.3, -0.25) is 16.2 Å². The number of rotatable bonds is 7. The smallest absolute Gasteiger partial charge is 0.0868 e. The minimum Gasteiger partial charge on any atom is -0.374 e. The summed E-state index contributed by atoms with van der Waals surface area (Å²) in [6.45, 7) is 8.53. The third kappa shape index (κ3) is 4.37. The third-order valence-corrected chi connectivity index (χ3v) is 3.25. The minimum atomic E-state index is 0.261. The minimum absolute atomic E-state index is 0.261. The van der Waals surface area contributed by atoms with E-state index < -0.39 is 0 Å². The van der Waals surface area contributed by atoms with Crippen LogP contribution in [0.25, 0.3) is 0 Å².